The number of nitrogens with one attached hydrogen (secondary N) is 1. The Bertz CT molecular complexity index is 353. The Kier molecular flexibility index (Phi) is 3.71. The van der Waals surface area contributed by atoms with Crippen LogP contribution in [-0.2, 0) is 4.74 Å². The van der Waals surface area contributed by atoms with Gasteiger partial charge in [-0.15, -0.1) is 0 Å². The van der Waals surface area contributed by atoms with Gasteiger partial charge in [0.2, 0.25) is 0 Å². The minimum absolute atomic E-state index is 0.521. The maximum atomic E-state index is 5.37. The summed E-state index contributed by atoms with van der Waals surface area (Å²) >= 11 is 0. The van der Waals surface area contributed by atoms with Gasteiger partial charge in [0.1, 0.15) is 11.6 Å². The Hall–Kier alpha value is -1.20. The van der Waals surface area contributed by atoms with Gasteiger partial charge in [-0.3, -0.25) is 0 Å². The van der Waals surface area contributed by atoms with Gasteiger partial charge in [0, 0.05) is 25.2 Å². The number of morpholine rings is 1. The predicted octanol–water partition coefficient (Wildman–Crippen LogP) is 0.780. The van der Waals surface area contributed by atoms with Gasteiger partial charge in [-0.05, 0) is 32.0 Å². The van der Waals surface area contributed by atoms with Crippen molar-refractivity contribution in [2.45, 2.75) is 18.8 Å². The Morgan fingerprint density at radius 1 is 1.22 bits per heavy atom. The topological polar surface area (TPSA) is 50.3 Å². The first kappa shape index (κ1) is 11.9. The molecule has 0 spiro atoms. The second kappa shape index (κ2) is 5.63. The van der Waals surface area contributed by atoms with E-state index >= 15 is 0 Å². The molecule has 0 aromatic carbocycles. The molecule has 3 rings (SSSR count). The van der Waals surface area contributed by atoms with Gasteiger partial charge in [0.25, 0.3) is 0 Å². The lowest BCUT2D eigenvalue weighted by atomic mass is 9.97. The summed E-state index contributed by atoms with van der Waals surface area (Å²) in [6, 6.07) is 2.01. The third-order valence-corrected chi connectivity index (χ3v) is 3.70. The van der Waals surface area contributed by atoms with Crippen LogP contribution in [0.2, 0.25) is 0 Å². The zero-order valence-electron chi connectivity index (χ0n) is 10.6. The largest absolute Gasteiger partial charge is 0.378 e. The number of hydrogen-bond acceptors (Lipinski definition) is 5. The van der Waals surface area contributed by atoms with E-state index in [1.54, 1.807) is 0 Å². The van der Waals surface area contributed by atoms with Crippen LogP contribution >= 0.6 is 0 Å². The summed E-state index contributed by atoms with van der Waals surface area (Å²) in [5.74, 6) is 2.59. The van der Waals surface area contributed by atoms with Crippen molar-refractivity contribution in [3.63, 3.8) is 0 Å². The van der Waals surface area contributed by atoms with Crippen LogP contribution in [0.3, 0.4) is 0 Å². The minimum atomic E-state index is 0.521. The molecule has 0 saturated carbocycles. The molecule has 98 valence electrons. The molecule has 5 nitrogen and oxygen atoms in total. The average Bonchev–Trinajstić information content (AvgIpc) is 2.49. The molecule has 1 aromatic heterocycles. The van der Waals surface area contributed by atoms with E-state index in [1.807, 2.05) is 12.3 Å². The van der Waals surface area contributed by atoms with E-state index in [0.717, 1.165) is 63.9 Å². The molecule has 0 atom stereocenters. The predicted molar refractivity (Wildman–Crippen MR) is 69.9 cm³/mol. The summed E-state index contributed by atoms with van der Waals surface area (Å²) < 4.78 is 5.37. The van der Waals surface area contributed by atoms with E-state index < -0.39 is 0 Å². The van der Waals surface area contributed by atoms with E-state index in [-0.39, 0.29) is 0 Å². The van der Waals surface area contributed by atoms with Crippen molar-refractivity contribution < 1.29 is 4.74 Å². The molecule has 0 radical (unpaired) electrons. The first-order chi connectivity index (χ1) is 8.93. The van der Waals surface area contributed by atoms with Gasteiger partial charge >= 0.3 is 0 Å². The van der Waals surface area contributed by atoms with Crippen LogP contribution in [-0.4, -0.2) is 49.4 Å². The van der Waals surface area contributed by atoms with Crippen LogP contribution in [0.15, 0.2) is 12.3 Å². The zero-order chi connectivity index (χ0) is 12.2. The van der Waals surface area contributed by atoms with E-state index in [0.29, 0.717) is 5.92 Å². The Morgan fingerprint density at radius 2 is 2.00 bits per heavy atom. The molecular weight excluding hydrogens is 228 g/mol. The molecule has 2 saturated heterocycles. The standard InChI is InChI=1S/C13H20N4O/c1-4-14-5-2-11(1)13-15-6-3-12(16-13)17-7-9-18-10-8-17/h3,6,11,14H,1-2,4-5,7-10H2. The van der Waals surface area contributed by atoms with Crippen molar-refractivity contribution in [2.75, 3.05) is 44.3 Å². The SMILES string of the molecule is c1cc(N2CCOCC2)nc(C2CCNCC2)n1. The monoisotopic (exact) mass is 248 g/mol. The molecule has 0 bridgehead atoms. The van der Waals surface area contributed by atoms with Crippen molar-refractivity contribution in [3.8, 4) is 0 Å². The van der Waals surface area contributed by atoms with Crippen LogP contribution in [0, 0.1) is 0 Å². The normalized spacial score (nSPS) is 22.1. The molecule has 2 fully saturated rings. The van der Waals surface area contributed by atoms with E-state index in [4.69, 9.17) is 9.72 Å². The number of anilines is 1. The first-order valence-corrected chi connectivity index (χ1v) is 6.80. The second-order valence-electron chi connectivity index (χ2n) is 4.90. The molecule has 1 aromatic rings. The Balaban J connectivity index is 1.75. The fourth-order valence-electron chi connectivity index (χ4n) is 2.61. The molecule has 3 heterocycles. The summed E-state index contributed by atoms with van der Waals surface area (Å²) in [5, 5.41) is 3.38. The molecular formula is C13H20N4O. The highest BCUT2D eigenvalue weighted by Crippen LogP contribution is 2.23. The molecule has 2 aliphatic rings. The fraction of sp³-hybridized carbons (Fsp3) is 0.692. The molecule has 0 amide bonds. The highest BCUT2D eigenvalue weighted by Gasteiger charge is 2.19. The average molecular weight is 248 g/mol. The van der Waals surface area contributed by atoms with Gasteiger partial charge in [0.05, 0.1) is 13.2 Å². The maximum Gasteiger partial charge on any atom is 0.133 e. The van der Waals surface area contributed by atoms with Crippen LogP contribution < -0.4 is 10.2 Å². The summed E-state index contributed by atoms with van der Waals surface area (Å²) in [6.45, 7) is 5.62. The lowest BCUT2D eigenvalue weighted by Crippen LogP contribution is -2.37. The van der Waals surface area contributed by atoms with Gasteiger partial charge in [-0.25, -0.2) is 9.97 Å². The number of nitrogens with zero attached hydrogens (tertiary/aromatic N) is 3. The summed E-state index contributed by atoms with van der Waals surface area (Å²) in [4.78, 5) is 11.5. The van der Waals surface area contributed by atoms with Crippen molar-refractivity contribution in [3.05, 3.63) is 18.1 Å². The van der Waals surface area contributed by atoms with Gasteiger partial charge < -0.3 is 15.0 Å². The lowest BCUT2D eigenvalue weighted by molar-refractivity contribution is 0.122. The summed E-state index contributed by atoms with van der Waals surface area (Å²) in [6.07, 6.45) is 4.19. The molecule has 2 aliphatic heterocycles. The fourth-order valence-corrected chi connectivity index (χ4v) is 2.61. The highest BCUT2D eigenvalue weighted by molar-refractivity contribution is 5.38. The third kappa shape index (κ3) is 2.62. The Morgan fingerprint density at radius 3 is 2.78 bits per heavy atom. The van der Waals surface area contributed by atoms with Crippen molar-refractivity contribution in [1.82, 2.24) is 15.3 Å². The molecule has 0 unspecified atom stereocenters. The van der Waals surface area contributed by atoms with Crippen LogP contribution in [0.4, 0.5) is 5.82 Å². The van der Waals surface area contributed by atoms with Crippen LogP contribution in [0.5, 0.6) is 0 Å². The van der Waals surface area contributed by atoms with E-state index in [9.17, 15) is 0 Å². The third-order valence-electron chi connectivity index (χ3n) is 3.70. The molecule has 0 aliphatic carbocycles. The highest BCUT2D eigenvalue weighted by atomic mass is 16.5. The van der Waals surface area contributed by atoms with Crippen molar-refractivity contribution >= 4 is 5.82 Å². The van der Waals surface area contributed by atoms with Gasteiger partial charge in [-0.1, -0.05) is 0 Å². The van der Waals surface area contributed by atoms with Crippen LogP contribution in [0.25, 0.3) is 0 Å². The number of ether oxygens (including phenoxy) is 1. The smallest absolute Gasteiger partial charge is 0.133 e. The lowest BCUT2D eigenvalue weighted by Gasteiger charge is -2.28. The Labute approximate surface area is 108 Å². The number of piperidine rings is 1. The first-order valence-electron chi connectivity index (χ1n) is 6.80. The second-order valence-corrected chi connectivity index (χ2v) is 4.90. The minimum Gasteiger partial charge on any atom is -0.378 e. The van der Waals surface area contributed by atoms with Crippen molar-refractivity contribution in [2.24, 2.45) is 0 Å². The number of hydrogen-bond donors (Lipinski definition) is 1. The van der Waals surface area contributed by atoms with E-state index in [2.05, 4.69) is 15.2 Å². The van der Waals surface area contributed by atoms with Crippen molar-refractivity contribution in [1.29, 1.82) is 0 Å². The summed E-state index contributed by atoms with van der Waals surface area (Å²) in [7, 11) is 0. The van der Waals surface area contributed by atoms with Gasteiger partial charge in [-0.2, -0.15) is 0 Å². The quantitative estimate of drug-likeness (QED) is 0.838. The summed E-state index contributed by atoms with van der Waals surface area (Å²) in [5.41, 5.74) is 0. The number of rotatable bonds is 2. The zero-order valence-corrected chi connectivity index (χ0v) is 10.6. The van der Waals surface area contributed by atoms with E-state index in [1.165, 1.54) is 0 Å². The molecule has 1 N–H and O–H groups in total. The maximum absolute atomic E-state index is 5.37. The van der Waals surface area contributed by atoms with Gasteiger partial charge in [0.15, 0.2) is 0 Å². The van der Waals surface area contributed by atoms with Crippen LogP contribution in [0.1, 0.15) is 24.6 Å². The molecule has 18 heavy (non-hydrogen) atoms. The number of aromatic nitrogens is 2. The molecule has 5 heteroatoms.